The minimum absolute atomic E-state index is 0.0140. The van der Waals surface area contributed by atoms with Crippen molar-refractivity contribution >= 4 is 11.9 Å². The molecule has 0 saturated heterocycles. The predicted molar refractivity (Wildman–Crippen MR) is 306 cm³/mol. The highest BCUT2D eigenvalue weighted by atomic mass is 16.5. The molecule has 0 radical (unpaired) electrons. The average Bonchev–Trinajstić information content (AvgIpc) is 3.36. The number of carbonyl (C=O) groups is 2. The van der Waals surface area contributed by atoms with Gasteiger partial charge in [-0.3, -0.25) is 9.59 Å². The van der Waals surface area contributed by atoms with Crippen LogP contribution in [-0.4, -0.2) is 47.4 Å². The van der Waals surface area contributed by atoms with E-state index in [1.54, 1.807) is 6.08 Å². The predicted octanol–water partition coefficient (Wildman–Crippen LogP) is 19.6. The highest BCUT2D eigenvalue weighted by molar-refractivity contribution is 5.76. The van der Waals surface area contributed by atoms with Gasteiger partial charge in [0.25, 0.3) is 0 Å². The molecule has 6 heteroatoms. The topological polar surface area (TPSA) is 95.9 Å². The molecule has 1 amide bonds. The van der Waals surface area contributed by atoms with Gasteiger partial charge in [-0.25, -0.2) is 0 Å². The van der Waals surface area contributed by atoms with Gasteiger partial charge in [-0.05, 0) is 64.2 Å². The molecule has 3 N–H and O–H groups in total. The van der Waals surface area contributed by atoms with Crippen LogP contribution in [-0.2, 0) is 14.3 Å². The number of ether oxygens (including phenoxy) is 1. The Morgan fingerprint density at radius 3 is 1.11 bits per heavy atom. The van der Waals surface area contributed by atoms with Crippen molar-refractivity contribution in [3.05, 3.63) is 36.5 Å². The summed E-state index contributed by atoms with van der Waals surface area (Å²) in [5.74, 6) is -0.0924. The maximum absolute atomic E-state index is 12.5. The van der Waals surface area contributed by atoms with E-state index >= 15 is 0 Å². The molecule has 0 aliphatic heterocycles. The minimum atomic E-state index is -0.855. The SMILES string of the molecule is CCCCC/C=C\C/C=C\CCCCCCCCCC(=O)OCCCCCCCCCCCCCCCC(=O)NC(CO)C(O)/C=C/CCCCCCCCCCCCCCCCCCCCCCC. The third-order valence-electron chi connectivity index (χ3n) is 14.4. The fraction of sp³-hybridized carbons (Fsp3) is 0.875. The van der Waals surface area contributed by atoms with E-state index in [-0.39, 0.29) is 18.5 Å². The molecule has 70 heavy (non-hydrogen) atoms. The first-order valence-electron chi connectivity index (χ1n) is 31.3. The molecule has 0 aliphatic carbocycles. The van der Waals surface area contributed by atoms with Crippen LogP contribution in [0, 0.1) is 0 Å². The fourth-order valence-corrected chi connectivity index (χ4v) is 9.61. The summed E-state index contributed by atoms with van der Waals surface area (Å²) < 4.78 is 5.48. The maximum Gasteiger partial charge on any atom is 0.305 e. The lowest BCUT2D eigenvalue weighted by molar-refractivity contribution is -0.143. The number of unbranched alkanes of at least 4 members (excludes halogenated alkanes) is 43. The number of amides is 1. The highest BCUT2D eigenvalue weighted by Crippen LogP contribution is 2.17. The summed E-state index contributed by atoms with van der Waals surface area (Å²) in [6.07, 6.45) is 74.6. The first-order chi connectivity index (χ1) is 34.5. The van der Waals surface area contributed by atoms with Crippen molar-refractivity contribution < 1.29 is 24.5 Å². The molecular formula is C64H121NO5. The highest BCUT2D eigenvalue weighted by Gasteiger charge is 2.18. The summed E-state index contributed by atoms with van der Waals surface area (Å²) >= 11 is 0. The lowest BCUT2D eigenvalue weighted by Gasteiger charge is -2.20. The van der Waals surface area contributed by atoms with Gasteiger partial charge in [-0.2, -0.15) is 0 Å². The Morgan fingerprint density at radius 1 is 0.400 bits per heavy atom. The fourth-order valence-electron chi connectivity index (χ4n) is 9.61. The lowest BCUT2D eigenvalue weighted by atomic mass is 10.0. The molecule has 0 aromatic carbocycles. The summed E-state index contributed by atoms with van der Waals surface area (Å²) in [6.45, 7) is 4.87. The number of hydrogen-bond acceptors (Lipinski definition) is 5. The van der Waals surface area contributed by atoms with E-state index in [9.17, 15) is 19.8 Å². The van der Waals surface area contributed by atoms with Gasteiger partial charge >= 0.3 is 5.97 Å². The summed E-state index contributed by atoms with van der Waals surface area (Å²) in [6, 6.07) is -0.640. The molecule has 2 atom stereocenters. The van der Waals surface area contributed by atoms with Gasteiger partial charge in [-0.15, -0.1) is 0 Å². The van der Waals surface area contributed by atoms with Gasteiger partial charge in [-0.1, -0.05) is 294 Å². The number of rotatable bonds is 58. The summed E-state index contributed by atoms with van der Waals surface area (Å²) in [4.78, 5) is 24.6. The van der Waals surface area contributed by atoms with Gasteiger partial charge in [0.2, 0.25) is 5.91 Å². The molecule has 0 saturated carbocycles. The lowest BCUT2D eigenvalue weighted by Crippen LogP contribution is -2.45. The van der Waals surface area contributed by atoms with Crippen LogP contribution in [0.3, 0.4) is 0 Å². The molecule has 0 aromatic heterocycles. The Bertz CT molecular complexity index is 1130. The zero-order chi connectivity index (χ0) is 50.7. The Labute approximate surface area is 436 Å². The van der Waals surface area contributed by atoms with Crippen LogP contribution in [0.1, 0.15) is 335 Å². The molecular weight excluding hydrogens is 863 g/mol. The van der Waals surface area contributed by atoms with Gasteiger partial charge < -0.3 is 20.3 Å². The number of carbonyl (C=O) groups excluding carboxylic acids is 2. The summed E-state index contributed by atoms with van der Waals surface area (Å²) in [5.41, 5.74) is 0. The third-order valence-corrected chi connectivity index (χ3v) is 14.4. The molecule has 0 rings (SSSR count). The van der Waals surface area contributed by atoms with Crippen LogP contribution in [0.5, 0.6) is 0 Å². The van der Waals surface area contributed by atoms with Crippen LogP contribution in [0.15, 0.2) is 36.5 Å². The van der Waals surface area contributed by atoms with Crippen molar-refractivity contribution in [2.45, 2.75) is 347 Å². The van der Waals surface area contributed by atoms with Crippen molar-refractivity contribution in [3.63, 3.8) is 0 Å². The van der Waals surface area contributed by atoms with Gasteiger partial charge in [0.05, 0.1) is 25.4 Å². The van der Waals surface area contributed by atoms with Crippen LogP contribution < -0.4 is 5.32 Å². The van der Waals surface area contributed by atoms with Crippen molar-refractivity contribution in [3.8, 4) is 0 Å². The first kappa shape index (κ1) is 68.1. The zero-order valence-corrected chi connectivity index (χ0v) is 47.0. The number of aliphatic hydroxyl groups is 2. The van der Waals surface area contributed by atoms with E-state index in [0.29, 0.717) is 19.4 Å². The zero-order valence-electron chi connectivity index (χ0n) is 47.0. The monoisotopic (exact) mass is 984 g/mol. The molecule has 412 valence electrons. The van der Waals surface area contributed by atoms with E-state index in [0.717, 1.165) is 64.2 Å². The molecule has 0 spiro atoms. The second kappa shape index (κ2) is 59.6. The number of esters is 1. The van der Waals surface area contributed by atoms with Crippen LogP contribution >= 0.6 is 0 Å². The third kappa shape index (κ3) is 55.4. The maximum atomic E-state index is 12.5. The molecule has 0 heterocycles. The van der Waals surface area contributed by atoms with Crippen LogP contribution in [0.2, 0.25) is 0 Å². The Balaban J connectivity index is 3.48. The minimum Gasteiger partial charge on any atom is -0.466 e. The molecule has 0 fully saturated rings. The summed E-state index contributed by atoms with van der Waals surface area (Å²) in [7, 11) is 0. The van der Waals surface area contributed by atoms with E-state index in [1.807, 2.05) is 6.08 Å². The van der Waals surface area contributed by atoms with Crippen molar-refractivity contribution in [1.29, 1.82) is 0 Å². The number of nitrogens with one attached hydrogen (secondary N) is 1. The molecule has 2 unspecified atom stereocenters. The van der Waals surface area contributed by atoms with Crippen molar-refractivity contribution in [2.24, 2.45) is 0 Å². The number of aliphatic hydroxyl groups excluding tert-OH is 2. The smallest absolute Gasteiger partial charge is 0.305 e. The normalized spacial score (nSPS) is 12.8. The summed E-state index contributed by atoms with van der Waals surface area (Å²) in [5, 5.41) is 23.2. The van der Waals surface area contributed by atoms with E-state index in [1.165, 1.54) is 244 Å². The molecule has 0 bridgehead atoms. The first-order valence-corrected chi connectivity index (χ1v) is 31.3. The quantitative estimate of drug-likeness (QED) is 0.0321. The number of allylic oxidation sites excluding steroid dienone is 5. The second-order valence-electron chi connectivity index (χ2n) is 21.4. The van der Waals surface area contributed by atoms with E-state index in [2.05, 4.69) is 43.5 Å². The Hall–Kier alpha value is -1.92. The Kier molecular flexibility index (Phi) is 58.0. The molecule has 0 aromatic rings. The molecule has 0 aliphatic rings. The molecule has 6 nitrogen and oxygen atoms in total. The van der Waals surface area contributed by atoms with Crippen molar-refractivity contribution in [2.75, 3.05) is 13.2 Å². The van der Waals surface area contributed by atoms with E-state index in [4.69, 9.17) is 4.74 Å². The van der Waals surface area contributed by atoms with Crippen molar-refractivity contribution in [1.82, 2.24) is 5.32 Å². The van der Waals surface area contributed by atoms with Gasteiger partial charge in [0.1, 0.15) is 0 Å². The average molecular weight is 985 g/mol. The van der Waals surface area contributed by atoms with Gasteiger partial charge in [0.15, 0.2) is 0 Å². The van der Waals surface area contributed by atoms with E-state index < -0.39 is 12.1 Å². The van der Waals surface area contributed by atoms with Gasteiger partial charge in [0, 0.05) is 12.8 Å². The Morgan fingerprint density at radius 2 is 0.714 bits per heavy atom. The number of hydrogen-bond donors (Lipinski definition) is 3. The standard InChI is InChI=1S/C64H121NO5/c1-3-5-7-9-11-13-15-17-19-21-22-23-24-25-26-28-29-32-36-40-44-48-52-56-62(67)61(60-66)65-63(68)57-53-49-45-41-37-33-31-35-39-43-47-51-55-59-70-64(69)58-54-50-46-42-38-34-30-27-20-18-16-14-12-10-8-6-4-2/h12,14,18,20,52,56,61-62,66-67H,3-11,13,15-17,19,21-51,53-55,57-60H2,1-2H3,(H,65,68)/b14-12-,20-18-,56-52+. The van der Waals surface area contributed by atoms with Crippen LogP contribution in [0.25, 0.3) is 0 Å². The largest absolute Gasteiger partial charge is 0.466 e. The second-order valence-corrected chi connectivity index (χ2v) is 21.4. The van der Waals surface area contributed by atoms with Crippen LogP contribution in [0.4, 0.5) is 0 Å².